The molecule has 0 spiro atoms. The van der Waals surface area contributed by atoms with E-state index in [9.17, 15) is 9.59 Å². The largest absolute Gasteiger partial charge is 0.491 e. The molecule has 0 bridgehead atoms. The zero-order chi connectivity index (χ0) is 21.8. The third-order valence-electron chi connectivity index (χ3n) is 4.42. The number of hydrogen-bond donors (Lipinski definition) is 3. The lowest BCUT2D eigenvalue weighted by molar-refractivity contribution is -0.115. The van der Waals surface area contributed by atoms with E-state index < -0.39 is 5.91 Å². The highest BCUT2D eigenvalue weighted by Gasteiger charge is 2.14. The van der Waals surface area contributed by atoms with Crippen LogP contribution >= 0.6 is 23.2 Å². The quantitative estimate of drug-likeness (QED) is 0.267. The molecule has 0 radical (unpaired) electrons. The summed E-state index contributed by atoms with van der Waals surface area (Å²) in [5.41, 5.74) is 2.64. The minimum absolute atomic E-state index is 0.0353. The smallest absolute Gasteiger partial charge is 0.290 e. The van der Waals surface area contributed by atoms with Crippen LogP contribution in [0.5, 0.6) is 0 Å². The third kappa shape index (κ3) is 4.96. The van der Waals surface area contributed by atoms with Crippen LogP contribution in [-0.2, 0) is 9.53 Å². The molecule has 0 aliphatic carbocycles. The van der Waals surface area contributed by atoms with E-state index in [0.29, 0.717) is 21.4 Å². The van der Waals surface area contributed by atoms with Gasteiger partial charge in [-0.1, -0.05) is 43.1 Å². The van der Waals surface area contributed by atoms with Crippen molar-refractivity contribution in [2.24, 2.45) is 0 Å². The molecular weight excluding hydrogens is 425 g/mol. The molecule has 2 heterocycles. The number of benzene rings is 1. The Labute approximate surface area is 183 Å². The summed E-state index contributed by atoms with van der Waals surface area (Å²) in [6.45, 7) is 3.86. The Bertz CT molecular complexity index is 1170. The van der Waals surface area contributed by atoms with E-state index in [0.717, 1.165) is 16.6 Å². The molecule has 0 atom stereocenters. The van der Waals surface area contributed by atoms with E-state index in [1.165, 1.54) is 13.2 Å². The number of nitrogens with one attached hydrogen (secondary N) is 3. The first-order valence-electron chi connectivity index (χ1n) is 9.23. The number of amides is 1. The molecule has 156 valence electrons. The maximum absolute atomic E-state index is 12.6. The number of aromatic nitrogens is 2. The molecule has 1 amide bonds. The van der Waals surface area contributed by atoms with Crippen LogP contribution in [0.3, 0.4) is 0 Å². The van der Waals surface area contributed by atoms with Gasteiger partial charge in [0, 0.05) is 28.4 Å². The van der Waals surface area contributed by atoms with Crippen LogP contribution in [0.1, 0.15) is 31.2 Å². The summed E-state index contributed by atoms with van der Waals surface area (Å²) in [6.07, 6.45) is 5.05. The summed E-state index contributed by atoms with van der Waals surface area (Å²) < 4.78 is 5.22. The number of H-pyrrole nitrogens is 2. The minimum Gasteiger partial charge on any atom is -0.491 e. The monoisotopic (exact) mass is 445 g/mol. The summed E-state index contributed by atoms with van der Waals surface area (Å²) in [5.74, 6) is -0.270. The first kappa shape index (κ1) is 21.7. The Hall–Kier alpha value is -2.96. The van der Waals surface area contributed by atoms with Crippen molar-refractivity contribution in [3.63, 3.8) is 0 Å². The molecule has 30 heavy (non-hydrogen) atoms. The van der Waals surface area contributed by atoms with Crippen molar-refractivity contribution < 1.29 is 9.53 Å². The molecule has 3 aromatic rings. The van der Waals surface area contributed by atoms with Gasteiger partial charge >= 0.3 is 0 Å². The second-order valence-corrected chi connectivity index (χ2v) is 7.75. The van der Waals surface area contributed by atoms with Gasteiger partial charge in [0.2, 0.25) is 5.56 Å². The SMILES string of the molecule is COC(=CC=Cc1cc2cc(Cl)c(Cl)cc2[nH]1)C(=O)Nc1ccc(=O)[nH]c1C(C)C. The lowest BCUT2D eigenvalue weighted by Gasteiger charge is -2.13. The maximum Gasteiger partial charge on any atom is 0.290 e. The highest BCUT2D eigenvalue weighted by molar-refractivity contribution is 6.42. The molecule has 2 aromatic heterocycles. The van der Waals surface area contributed by atoms with Crippen molar-refractivity contribution in [2.75, 3.05) is 12.4 Å². The van der Waals surface area contributed by atoms with Gasteiger partial charge in [0.25, 0.3) is 5.91 Å². The van der Waals surface area contributed by atoms with Crippen molar-refractivity contribution in [3.8, 4) is 0 Å². The van der Waals surface area contributed by atoms with Gasteiger partial charge in [-0.3, -0.25) is 9.59 Å². The maximum atomic E-state index is 12.6. The van der Waals surface area contributed by atoms with Gasteiger partial charge < -0.3 is 20.0 Å². The van der Waals surface area contributed by atoms with E-state index in [2.05, 4.69) is 15.3 Å². The van der Waals surface area contributed by atoms with E-state index >= 15 is 0 Å². The number of allylic oxidation sites excluding steroid dienone is 2. The molecule has 0 saturated heterocycles. The summed E-state index contributed by atoms with van der Waals surface area (Å²) >= 11 is 12.1. The van der Waals surface area contributed by atoms with Gasteiger partial charge in [0.15, 0.2) is 5.76 Å². The van der Waals surface area contributed by atoms with Crippen LogP contribution < -0.4 is 10.9 Å². The van der Waals surface area contributed by atoms with Crippen molar-refractivity contribution in [3.05, 3.63) is 80.0 Å². The number of halogens is 2. The van der Waals surface area contributed by atoms with Crippen molar-refractivity contribution >= 4 is 51.8 Å². The molecule has 6 nitrogen and oxygen atoms in total. The van der Waals surface area contributed by atoms with E-state index in [-0.39, 0.29) is 17.2 Å². The fourth-order valence-corrected chi connectivity index (χ4v) is 3.29. The third-order valence-corrected chi connectivity index (χ3v) is 5.15. The summed E-state index contributed by atoms with van der Waals surface area (Å²) in [4.78, 5) is 30.1. The Morgan fingerprint density at radius 2 is 1.87 bits per heavy atom. The zero-order valence-electron chi connectivity index (χ0n) is 16.7. The standard InChI is InChI=1S/C22H21Cl2N3O3/c1-12(2)21-17(7-8-20(28)27-21)26-22(29)19(30-3)6-4-5-14-9-13-10-15(23)16(24)11-18(13)25-14/h4-12,25H,1-3H3,(H,26,29)(H,27,28). The number of ether oxygens (including phenoxy) is 1. The lowest BCUT2D eigenvalue weighted by Crippen LogP contribution is -2.19. The van der Waals surface area contributed by atoms with Gasteiger partial charge in [-0.25, -0.2) is 0 Å². The molecule has 0 saturated carbocycles. The molecular formula is C22H21Cl2N3O3. The van der Waals surface area contributed by atoms with E-state index in [1.54, 1.807) is 36.4 Å². The number of hydrogen-bond acceptors (Lipinski definition) is 3. The van der Waals surface area contributed by atoms with E-state index in [1.807, 2.05) is 19.9 Å². The molecule has 0 aliphatic rings. The molecule has 1 aromatic carbocycles. The fraction of sp³-hybridized carbons (Fsp3) is 0.182. The number of anilines is 1. The van der Waals surface area contributed by atoms with Crippen LogP contribution in [0.2, 0.25) is 10.0 Å². The predicted molar refractivity (Wildman–Crippen MR) is 122 cm³/mol. The van der Waals surface area contributed by atoms with Gasteiger partial charge in [-0.2, -0.15) is 0 Å². The van der Waals surface area contributed by atoms with Crippen LogP contribution in [0.15, 0.2) is 53.0 Å². The second-order valence-electron chi connectivity index (χ2n) is 6.93. The molecule has 0 aliphatic heterocycles. The highest BCUT2D eigenvalue weighted by atomic mass is 35.5. The van der Waals surface area contributed by atoms with Gasteiger partial charge in [-0.15, -0.1) is 0 Å². The number of fused-ring (bicyclic) bond motifs is 1. The van der Waals surface area contributed by atoms with Crippen molar-refractivity contribution in [2.45, 2.75) is 19.8 Å². The number of carbonyl (C=O) groups excluding carboxylic acids is 1. The first-order valence-corrected chi connectivity index (χ1v) is 9.98. The summed E-state index contributed by atoms with van der Waals surface area (Å²) in [6, 6.07) is 8.41. The molecule has 3 N–H and O–H groups in total. The first-order chi connectivity index (χ1) is 14.3. The van der Waals surface area contributed by atoms with Crippen LogP contribution in [0.25, 0.3) is 17.0 Å². The predicted octanol–water partition coefficient (Wildman–Crippen LogP) is 5.47. The van der Waals surface area contributed by atoms with Crippen molar-refractivity contribution in [1.82, 2.24) is 9.97 Å². The zero-order valence-corrected chi connectivity index (χ0v) is 18.2. The average molecular weight is 446 g/mol. The fourth-order valence-electron chi connectivity index (χ4n) is 2.95. The lowest BCUT2D eigenvalue weighted by atomic mass is 10.1. The van der Waals surface area contributed by atoms with Crippen LogP contribution in [0, 0.1) is 0 Å². The highest BCUT2D eigenvalue weighted by Crippen LogP contribution is 2.28. The van der Waals surface area contributed by atoms with E-state index in [4.69, 9.17) is 27.9 Å². The number of pyridine rings is 1. The van der Waals surface area contributed by atoms with Gasteiger partial charge in [-0.05, 0) is 42.3 Å². The average Bonchev–Trinajstić information content (AvgIpc) is 3.08. The van der Waals surface area contributed by atoms with Crippen molar-refractivity contribution in [1.29, 1.82) is 0 Å². The normalized spacial score (nSPS) is 12.1. The Morgan fingerprint density at radius 1 is 1.13 bits per heavy atom. The summed E-state index contributed by atoms with van der Waals surface area (Å²) in [7, 11) is 1.42. The Kier molecular flexibility index (Phi) is 6.70. The number of rotatable bonds is 6. The molecule has 0 unspecified atom stereocenters. The number of aromatic amines is 2. The second kappa shape index (κ2) is 9.24. The Morgan fingerprint density at radius 3 is 2.57 bits per heavy atom. The Balaban J connectivity index is 1.79. The number of methoxy groups -OCH3 is 1. The molecule has 0 fully saturated rings. The molecule has 3 rings (SSSR count). The van der Waals surface area contributed by atoms with Crippen LogP contribution in [0.4, 0.5) is 5.69 Å². The van der Waals surface area contributed by atoms with Gasteiger partial charge in [0.1, 0.15) is 0 Å². The van der Waals surface area contributed by atoms with Gasteiger partial charge in [0.05, 0.1) is 22.8 Å². The van der Waals surface area contributed by atoms with Crippen LogP contribution in [-0.4, -0.2) is 23.0 Å². The summed E-state index contributed by atoms with van der Waals surface area (Å²) in [5, 5.41) is 4.67. The molecule has 8 heteroatoms. The topological polar surface area (TPSA) is 87.0 Å². The minimum atomic E-state index is -0.425. The number of carbonyl (C=O) groups is 1.